The molecule has 104 valence electrons. The van der Waals surface area contributed by atoms with Crippen molar-refractivity contribution >= 4 is 5.91 Å². The van der Waals surface area contributed by atoms with Gasteiger partial charge >= 0.3 is 0 Å². The third kappa shape index (κ3) is 3.53. The second kappa shape index (κ2) is 6.15. The van der Waals surface area contributed by atoms with Crippen LogP contribution in [-0.4, -0.2) is 36.5 Å². The van der Waals surface area contributed by atoms with Gasteiger partial charge in [0.15, 0.2) is 0 Å². The molecule has 19 heavy (non-hydrogen) atoms. The molecule has 1 fully saturated rings. The van der Waals surface area contributed by atoms with E-state index in [-0.39, 0.29) is 17.6 Å². The normalized spacial score (nSPS) is 21.2. The van der Waals surface area contributed by atoms with E-state index >= 15 is 0 Å². The van der Waals surface area contributed by atoms with E-state index in [1.165, 1.54) is 6.07 Å². The quantitative estimate of drug-likeness (QED) is 0.903. The van der Waals surface area contributed by atoms with E-state index in [0.29, 0.717) is 18.0 Å². The summed E-state index contributed by atoms with van der Waals surface area (Å²) < 4.78 is 13.6. The van der Waals surface area contributed by atoms with Gasteiger partial charge in [-0.25, -0.2) is 4.39 Å². The maximum Gasteiger partial charge on any atom is 0.225 e. The molecule has 1 saturated heterocycles. The van der Waals surface area contributed by atoms with Crippen LogP contribution in [-0.2, 0) is 11.2 Å². The van der Waals surface area contributed by atoms with Crippen LogP contribution in [0.1, 0.15) is 19.4 Å². The molecule has 2 atom stereocenters. The molecule has 0 bridgehead atoms. The molecule has 0 radical (unpaired) electrons. The highest BCUT2D eigenvalue weighted by Gasteiger charge is 2.25. The van der Waals surface area contributed by atoms with Crippen molar-refractivity contribution in [2.75, 3.05) is 19.6 Å². The van der Waals surface area contributed by atoms with E-state index in [9.17, 15) is 9.18 Å². The van der Waals surface area contributed by atoms with Gasteiger partial charge in [0.05, 0.1) is 0 Å². The number of carbonyl (C=O) groups is 1. The van der Waals surface area contributed by atoms with Gasteiger partial charge in [0.1, 0.15) is 5.82 Å². The minimum Gasteiger partial charge on any atom is -0.340 e. The molecule has 0 aliphatic carbocycles. The molecule has 0 spiro atoms. The fourth-order valence-corrected chi connectivity index (χ4v) is 2.53. The van der Waals surface area contributed by atoms with Crippen molar-refractivity contribution in [2.24, 2.45) is 5.92 Å². The molecule has 1 aromatic rings. The Morgan fingerprint density at radius 2 is 2.26 bits per heavy atom. The van der Waals surface area contributed by atoms with E-state index in [0.717, 1.165) is 19.6 Å². The third-order valence-electron chi connectivity index (χ3n) is 3.59. The Balaban J connectivity index is 1.97. The summed E-state index contributed by atoms with van der Waals surface area (Å²) in [5.74, 6) is -0.283. The zero-order chi connectivity index (χ0) is 13.8. The van der Waals surface area contributed by atoms with Crippen LogP contribution in [0.4, 0.5) is 4.39 Å². The van der Waals surface area contributed by atoms with Gasteiger partial charge in [-0.3, -0.25) is 4.79 Å². The van der Waals surface area contributed by atoms with Crippen LogP contribution in [0, 0.1) is 11.7 Å². The van der Waals surface area contributed by atoms with Crippen molar-refractivity contribution in [3.63, 3.8) is 0 Å². The first-order valence-electron chi connectivity index (χ1n) is 6.83. The Hall–Kier alpha value is -1.42. The molecule has 1 aliphatic heterocycles. The lowest BCUT2D eigenvalue weighted by atomic mass is 9.99. The average molecular weight is 264 g/mol. The van der Waals surface area contributed by atoms with E-state index in [1.807, 2.05) is 17.9 Å². The van der Waals surface area contributed by atoms with Crippen molar-refractivity contribution < 1.29 is 9.18 Å². The Bertz CT molecular complexity index is 450. The highest BCUT2D eigenvalue weighted by atomic mass is 19.1. The molecule has 0 saturated carbocycles. The first-order chi connectivity index (χ1) is 9.08. The zero-order valence-electron chi connectivity index (χ0n) is 11.5. The van der Waals surface area contributed by atoms with Crippen molar-refractivity contribution in [3.05, 3.63) is 35.6 Å². The molecule has 2 rings (SSSR count). The van der Waals surface area contributed by atoms with Crippen LogP contribution in [0.3, 0.4) is 0 Å². The summed E-state index contributed by atoms with van der Waals surface area (Å²) >= 11 is 0. The second-order valence-corrected chi connectivity index (χ2v) is 5.34. The molecule has 3 nitrogen and oxygen atoms in total. The Morgan fingerprint density at radius 3 is 2.95 bits per heavy atom. The number of nitrogens with zero attached hydrogens (tertiary/aromatic N) is 1. The fourth-order valence-electron chi connectivity index (χ4n) is 2.53. The molecule has 1 aromatic carbocycles. The standard InChI is InChI=1S/C15H21FN2O/c1-11(9-13-5-3-4-6-14(13)16)15(19)18-8-7-17-12(2)10-18/h3-6,11-12,17H,7-10H2,1-2H3/t11-,12+/m1/s1. The van der Waals surface area contributed by atoms with Crippen LogP contribution >= 0.6 is 0 Å². The number of benzene rings is 1. The number of rotatable bonds is 3. The van der Waals surface area contributed by atoms with Crippen molar-refractivity contribution in [1.29, 1.82) is 0 Å². The number of halogens is 1. The maximum atomic E-state index is 13.6. The van der Waals surface area contributed by atoms with Gasteiger partial charge in [0.25, 0.3) is 0 Å². The number of carbonyl (C=O) groups excluding carboxylic acids is 1. The number of amides is 1. The SMILES string of the molecule is C[C@H](Cc1ccccc1F)C(=O)N1CCN[C@@H](C)C1. The van der Waals surface area contributed by atoms with E-state index in [1.54, 1.807) is 12.1 Å². The molecule has 1 amide bonds. The van der Waals surface area contributed by atoms with E-state index in [4.69, 9.17) is 0 Å². The molecular weight excluding hydrogens is 243 g/mol. The molecule has 1 heterocycles. The van der Waals surface area contributed by atoms with Gasteiger partial charge in [-0.2, -0.15) is 0 Å². The van der Waals surface area contributed by atoms with Crippen LogP contribution in [0.2, 0.25) is 0 Å². The molecule has 4 heteroatoms. The second-order valence-electron chi connectivity index (χ2n) is 5.34. The minimum absolute atomic E-state index is 0.122. The third-order valence-corrected chi connectivity index (χ3v) is 3.59. The predicted molar refractivity (Wildman–Crippen MR) is 73.3 cm³/mol. The average Bonchev–Trinajstić information content (AvgIpc) is 2.40. The summed E-state index contributed by atoms with van der Waals surface area (Å²) in [7, 11) is 0. The molecule has 1 N–H and O–H groups in total. The summed E-state index contributed by atoms with van der Waals surface area (Å²) in [6.07, 6.45) is 0.462. The number of nitrogens with one attached hydrogen (secondary N) is 1. The fraction of sp³-hybridized carbons (Fsp3) is 0.533. The smallest absolute Gasteiger partial charge is 0.225 e. The molecule has 0 aromatic heterocycles. The summed E-state index contributed by atoms with van der Waals surface area (Å²) in [5.41, 5.74) is 0.617. The largest absolute Gasteiger partial charge is 0.340 e. The van der Waals surface area contributed by atoms with Gasteiger partial charge < -0.3 is 10.2 Å². The van der Waals surface area contributed by atoms with Gasteiger partial charge in [-0.1, -0.05) is 25.1 Å². The lowest BCUT2D eigenvalue weighted by Crippen LogP contribution is -2.52. The van der Waals surface area contributed by atoms with Crippen LogP contribution in [0.15, 0.2) is 24.3 Å². The Kier molecular flexibility index (Phi) is 4.53. The predicted octanol–water partition coefficient (Wildman–Crippen LogP) is 1.82. The van der Waals surface area contributed by atoms with Crippen molar-refractivity contribution in [1.82, 2.24) is 10.2 Å². The Morgan fingerprint density at radius 1 is 1.53 bits per heavy atom. The minimum atomic E-state index is -0.226. The van der Waals surface area contributed by atoms with E-state index in [2.05, 4.69) is 12.2 Å². The highest BCUT2D eigenvalue weighted by Crippen LogP contribution is 2.15. The molecule has 0 unspecified atom stereocenters. The van der Waals surface area contributed by atoms with Crippen LogP contribution < -0.4 is 5.32 Å². The monoisotopic (exact) mass is 264 g/mol. The van der Waals surface area contributed by atoms with Gasteiger partial charge in [0.2, 0.25) is 5.91 Å². The first-order valence-corrected chi connectivity index (χ1v) is 6.83. The summed E-state index contributed by atoms with van der Waals surface area (Å²) in [6.45, 7) is 6.26. The topological polar surface area (TPSA) is 32.3 Å². The summed E-state index contributed by atoms with van der Waals surface area (Å²) in [4.78, 5) is 14.2. The van der Waals surface area contributed by atoms with Crippen molar-refractivity contribution in [2.45, 2.75) is 26.3 Å². The van der Waals surface area contributed by atoms with E-state index < -0.39 is 0 Å². The van der Waals surface area contributed by atoms with Gasteiger partial charge in [-0.15, -0.1) is 0 Å². The summed E-state index contributed by atoms with van der Waals surface area (Å²) in [5, 5.41) is 3.31. The lowest BCUT2D eigenvalue weighted by molar-refractivity contribution is -0.136. The molecule has 1 aliphatic rings. The number of hydrogen-bond donors (Lipinski definition) is 1. The van der Waals surface area contributed by atoms with Gasteiger partial charge in [-0.05, 0) is 25.0 Å². The zero-order valence-corrected chi connectivity index (χ0v) is 11.5. The summed E-state index contributed by atoms with van der Waals surface area (Å²) in [6, 6.07) is 7.00. The van der Waals surface area contributed by atoms with Gasteiger partial charge in [0, 0.05) is 31.6 Å². The van der Waals surface area contributed by atoms with Crippen molar-refractivity contribution in [3.8, 4) is 0 Å². The first kappa shape index (κ1) is 14.0. The highest BCUT2D eigenvalue weighted by molar-refractivity contribution is 5.79. The molecular formula is C15H21FN2O. The lowest BCUT2D eigenvalue weighted by Gasteiger charge is -2.33. The van der Waals surface area contributed by atoms with Crippen LogP contribution in [0.5, 0.6) is 0 Å². The maximum absolute atomic E-state index is 13.6. The number of piperazine rings is 1. The van der Waals surface area contributed by atoms with Crippen LogP contribution in [0.25, 0.3) is 0 Å². The Labute approximate surface area is 113 Å². The number of hydrogen-bond acceptors (Lipinski definition) is 2.